The minimum Gasteiger partial charge on any atom is -0.496 e. The summed E-state index contributed by atoms with van der Waals surface area (Å²) in [5.74, 6) is 0.599. The van der Waals surface area contributed by atoms with E-state index in [9.17, 15) is 4.79 Å². The van der Waals surface area contributed by atoms with E-state index in [2.05, 4.69) is 58.5 Å². The lowest BCUT2D eigenvalue weighted by molar-refractivity contribution is 0.127. The SMILES string of the molecule is COc1cc2[nH]c(=O)ccc2cc1-c1cc2nnn(C3CC(C)(C)NC(C)(C)C3)c2nn1. The van der Waals surface area contributed by atoms with E-state index < -0.39 is 0 Å². The highest BCUT2D eigenvalue weighted by atomic mass is 16.5. The second-order valence-corrected chi connectivity index (χ2v) is 9.89. The van der Waals surface area contributed by atoms with Gasteiger partial charge in [-0.2, -0.15) is 0 Å². The van der Waals surface area contributed by atoms with E-state index >= 15 is 0 Å². The number of methoxy groups -OCH3 is 1. The highest BCUT2D eigenvalue weighted by molar-refractivity contribution is 5.88. The molecule has 32 heavy (non-hydrogen) atoms. The van der Waals surface area contributed by atoms with Gasteiger partial charge in [0.1, 0.15) is 11.3 Å². The van der Waals surface area contributed by atoms with Gasteiger partial charge < -0.3 is 15.0 Å². The molecule has 1 saturated heterocycles. The Morgan fingerprint density at radius 3 is 2.50 bits per heavy atom. The molecule has 3 aromatic heterocycles. The van der Waals surface area contributed by atoms with E-state index in [1.807, 2.05) is 16.8 Å². The van der Waals surface area contributed by atoms with Crippen LogP contribution in [0.4, 0.5) is 0 Å². The van der Waals surface area contributed by atoms with E-state index in [0.717, 1.165) is 23.8 Å². The fourth-order valence-electron chi connectivity index (χ4n) is 5.12. The van der Waals surface area contributed by atoms with Gasteiger partial charge in [-0.25, -0.2) is 4.68 Å². The smallest absolute Gasteiger partial charge is 0.248 e. The summed E-state index contributed by atoms with van der Waals surface area (Å²) >= 11 is 0. The topological polar surface area (TPSA) is 111 Å². The molecule has 0 radical (unpaired) electrons. The average molecular weight is 434 g/mol. The van der Waals surface area contributed by atoms with Gasteiger partial charge >= 0.3 is 0 Å². The number of rotatable bonds is 3. The third-order valence-corrected chi connectivity index (χ3v) is 6.06. The summed E-state index contributed by atoms with van der Waals surface area (Å²) in [4.78, 5) is 14.5. The van der Waals surface area contributed by atoms with Crippen molar-refractivity contribution in [1.82, 2.24) is 35.5 Å². The minimum absolute atomic E-state index is 0.0164. The molecule has 0 unspecified atom stereocenters. The zero-order valence-electron chi connectivity index (χ0n) is 18.9. The van der Waals surface area contributed by atoms with Gasteiger partial charge in [0.15, 0.2) is 0 Å². The van der Waals surface area contributed by atoms with Crippen molar-refractivity contribution in [1.29, 1.82) is 0 Å². The van der Waals surface area contributed by atoms with E-state index in [1.165, 1.54) is 6.07 Å². The Labute approximate surface area is 185 Å². The quantitative estimate of drug-likeness (QED) is 0.510. The van der Waals surface area contributed by atoms with Gasteiger partial charge in [0, 0.05) is 28.8 Å². The lowest BCUT2D eigenvalue weighted by Crippen LogP contribution is -2.58. The molecule has 0 aliphatic carbocycles. The number of aromatic nitrogens is 6. The molecule has 1 fully saturated rings. The number of aromatic amines is 1. The standard InChI is InChI=1S/C23H27N7O2/c1-22(2)11-14(12-23(3,4)28-22)30-21-18(26-29-30)9-17(25-27-21)15-8-13-6-7-20(31)24-16(13)10-19(15)32-5/h6-10,14,28H,11-12H2,1-5H3,(H,24,31). The second kappa shape index (κ2) is 7.09. The van der Waals surface area contributed by atoms with Crippen molar-refractivity contribution in [3.05, 3.63) is 40.7 Å². The molecule has 166 valence electrons. The zero-order chi connectivity index (χ0) is 22.7. The summed E-state index contributed by atoms with van der Waals surface area (Å²) in [5.41, 5.74) is 3.29. The van der Waals surface area contributed by atoms with Gasteiger partial charge in [0.2, 0.25) is 11.2 Å². The van der Waals surface area contributed by atoms with Gasteiger partial charge in [0.25, 0.3) is 0 Å². The van der Waals surface area contributed by atoms with Crippen LogP contribution < -0.4 is 15.6 Å². The van der Waals surface area contributed by atoms with Crippen molar-refractivity contribution in [2.75, 3.05) is 7.11 Å². The second-order valence-electron chi connectivity index (χ2n) is 9.89. The maximum atomic E-state index is 11.7. The maximum Gasteiger partial charge on any atom is 0.248 e. The summed E-state index contributed by atoms with van der Waals surface area (Å²) in [5, 5.41) is 22.4. The monoisotopic (exact) mass is 433 g/mol. The Hall–Kier alpha value is -3.33. The number of H-pyrrole nitrogens is 1. The molecule has 1 aromatic carbocycles. The third kappa shape index (κ3) is 3.62. The molecule has 0 atom stereocenters. The Bertz CT molecular complexity index is 1370. The Morgan fingerprint density at radius 2 is 1.78 bits per heavy atom. The lowest BCUT2D eigenvalue weighted by Gasteiger charge is -2.46. The number of hydrogen-bond donors (Lipinski definition) is 2. The van der Waals surface area contributed by atoms with Crippen LogP contribution in [-0.2, 0) is 0 Å². The normalized spacial score (nSPS) is 18.3. The molecule has 0 spiro atoms. The van der Waals surface area contributed by atoms with Crippen molar-refractivity contribution in [3.63, 3.8) is 0 Å². The molecule has 1 aliphatic heterocycles. The molecule has 0 saturated carbocycles. The van der Waals surface area contributed by atoms with Gasteiger partial charge in [-0.15, -0.1) is 15.3 Å². The van der Waals surface area contributed by atoms with Crippen LogP contribution in [-0.4, -0.2) is 48.4 Å². The van der Waals surface area contributed by atoms with Crippen molar-refractivity contribution < 1.29 is 4.74 Å². The third-order valence-electron chi connectivity index (χ3n) is 6.06. The molecular formula is C23H27N7O2. The molecule has 5 rings (SSSR count). The highest BCUT2D eigenvalue weighted by Crippen LogP contribution is 2.37. The molecule has 4 aromatic rings. The minimum atomic E-state index is -0.158. The molecule has 0 amide bonds. The number of piperidine rings is 1. The number of ether oxygens (including phenoxy) is 1. The van der Waals surface area contributed by atoms with Crippen LogP contribution in [0.2, 0.25) is 0 Å². The first-order chi connectivity index (χ1) is 15.1. The van der Waals surface area contributed by atoms with Gasteiger partial charge in [-0.1, -0.05) is 5.21 Å². The van der Waals surface area contributed by atoms with E-state index in [4.69, 9.17) is 4.74 Å². The number of pyridine rings is 1. The maximum absolute atomic E-state index is 11.7. The van der Waals surface area contributed by atoms with Crippen LogP contribution in [0.15, 0.2) is 35.1 Å². The summed E-state index contributed by atoms with van der Waals surface area (Å²) < 4.78 is 7.48. The largest absolute Gasteiger partial charge is 0.496 e. The van der Waals surface area contributed by atoms with Crippen molar-refractivity contribution in [2.45, 2.75) is 57.7 Å². The van der Waals surface area contributed by atoms with E-state index in [1.54, 1.807) is 19.2 Å². The van der Waals surface area contributed by atoms with E-state index in [-0.39, 0.29) is 22.7 Å². The summed E-state index contributed by atoms with van der Waals surface area (Å²) in [6, 6.07) is 9.08. The summed E-state index contributed by atoms with van der Waals surface area (Å²) in [6.45, 7) is 8.85. The fraction of sp³-hybridized carbons (Fsp3) is 0.435. The Kier molecular flexibility index (Phi) is 4.56. The molecule has 1 aliphatic rings. The summed E-state index contributed by atoms with van der Waals surface area (Å²) in [6.07, 6.45) is 1.85. The molecule has 4 heterocycles. The number of fused-ring (bicyclic) bond motifs is 2. The first kappa shape index (κ1) is 20.6. The van der Waals surface area contributed by atoms with Crippen molar-refractivity contribution >= 4 is 22.1 Å². The first-order valence-corrected chi connectivity index (χ1v) is 10.7. The van der Waals surface area contributed by atoms with Crippen LogP contribution in [0, 0.1) is 0 Å². The molecule has 9 heteroatoms. The Balaban J connectivity index is 1.57. The lowest BCUT2D eigenvalue weighted by atomic mass is 9.80. The fourth-order valence-corrected chi connectivity index (χ4v) is 5.12. The number of benzene rings is 1. The van der Waals surface area contributed by atoms with Crippen LogP contribution in [0.1, 0.15) is 46.6 Å². The average Bonchev–Trinajstić information content (AvgIpc) is 3.13. The van der Waals surface area contributed by atoms with Crippen LogP contribution in [0.5, 0.6) is 5.75 Å². The van der Waals surface area contributed by atoms with Crippen molar-refractivity contribution in [2.24, 2.45) is 0 Å². The van der Waals surface area contributed by atoms with Gasteiger partial charge in [0.05, 0.1) is 24.4 Å². The molecule has 9 nitrogen and oxygen atoms in total. The van der Waals surface area contributed by atoms with Crippen LogP contribution in [0.3, 0.4) is 0 Å². The van der Waals surface area contributed by atoms with E-state index in [0.29, 0.717) is 28.1 Å². The summed E-state index contributed by atoms with van der Waals surface area (Å²) in [7, 11) is 1.59. The van der Waals surface area contributed by atoms with Crippen molar-refractivity contribution in [3.8, 4) is 17.0 Å². The highest BCUT2D eigenvalue weighted by Gasteiger charge is 2.39. The van der Waals surface area contributed by atoms with Gasteiger partial charge in [-0.3, -0.25) is 4.79 Å². The number of nitrogens with zero attached hydrogens (tertiary/aromatic N) is 5. The molecule has 0 bridgehead atoms. The van der Waals surface area contributed by atoms with Crippen LogP contribution in [0.25, 0.3) is 33.3 Å². The number of hydrogen-bond acceptors (Lipinski definition) is 7. The first-order valence-electron chi connectivity index (χ1n) is 10.7. The van der Waals surface area contributed by atoms with Gasteiger partial charge in [-0.05, 0) is 64.1 Å². The zero-order valence-corrected chi connectivity index (χ0v) is 18.9. The predicted octanol–water partition coefficient (Wildman–Crippen LogP) is 3.22. The van der Waals surface area contributed by atoms with Crippen LogP contribution >= 0.6 is 0 Å². The molecule has 2 N–H and O–H groups in total. The molecular weight excluding hydrogens is 406 g/mol. The Morgan fingerprint density at radius 1 is 1.03 bits per heavy atom. The predicted molar refractivity (Wildman–Crippen MR) is 123 cm³/mol. The number of nitrogens with one attached hydrogen (secondary N) is 2.